The third kappa shape index (κ3) is 4.06. The van der Waals surface area contributed by atoms with Crippen molar-refractivity contribution in [1.29, 1.82) is 0 Å². The van der Waals surface area contributed by atoms with Crippen LogP contribution in [0, 0.1) is 24.3 Å². The van der Waals surface area contributed by atoms with Crippen LogP contribution < -0.4 is 0 Å². The highest BCUT2D eigenvalue weighted by Crippen LogP contribution is 2.37. The molecular weight excluding hydrogens is 294 g/mol. The van der Waals surface area contributed by atoms with Gasteiger partial charge in [-0.2, -0.15) is 4.31 Å². The van der Waals surface area contributed by atoms with E-state index in [9.17, 15) is 4.21 Å². The molecule has 2 rings (SSSR count). The van der Waals surface area contributed by atoms with Crippen molar-refractivity contribution in [3.05, 3.63) is 29.8 Å². The minimum atomic E-state index is -1.38. The highest BCUT2D eigenvalue weighted by atomic mass is 32.2. The summed E-state index contributed by atoms with van der Waals surface area (Å²) in [5.41, 5.74) is 4.62. The fourth-order valence-corrected chi connectivity index (χ4v) is 4.42. The molecule has 4 atom stereocenters. The van der Waals surface area contributed by atoms with Gasteiger partial charge in [0.15, 0.2) is 0 Å². The highest BCUT2D eigenvalue weighted by molar-refractivity contribution is 7.83. The van der Waals surface area contributed by atoms with Crippen molar-refractivity contribution in [2.45, 2.75) is 57.4 Å². The summed E-state index contributed by atoms with van der Waals surface area (Å²) in [5.74, 6) is 3.86. The molecule has 0 amide bonds. The molecule has 2 nitrogen and oxygen atoms in total. The quantitative estimate of drug-likeness (QED) is 0.473. The fraction of sp³-hybridized carbons (Fsp3) is 0.529. The summed E-state index contributed by atoms with van der Waals surface area (Å²) in [4.78, 5) is 0.878. The summed E-state index contributed by atoms with van der Waals surface area (Å²) >= 11 is 0. The zero-order valence-electron chi connectivity index (χ0n) is 13.8. The lowest BCUT2D eigenvalue weighted by Crippen LogP contribution is -2.17. The van der Waals surface area contributed by atoms with Gasteiger partial charge in [0.1, 0.15) is 25.1 Å². The molecule has 1 heterocycles. The largest absolute Gasteiger partial charge is 0.237 e. The van der Waals surface area contributed by atoms with Crippen molar-refractivity contribution in [3.63, 3.8) is 0 Å². The van der Waals surface area contributed by atoms with E-state index in [0.29, 0.717) is 12.0 Å². The number of aryl methyl sites for hydroxylation is 1. The van der Waals surface area contributed by atoms with E-state index in [-0.39, 0.29) is 6.04 Å². The summed E-state index contributed by atoms with van der Waals surface area (Å²) in [6.45, 7) is 13.1. The molecular formula is C17H25NOSSi. The average molecular weight is 320 g/mol. The lowest BCUT2D eigenvalue weighted by Gasteiger charge is -2.06. The Morgan fingerprint density at radius 1 is 1.19 bits per heavy atom. The van der Waals surface area contributed by atoms with Gasteiger partial charge in [0.05, 0.1) is 10.9 Å². The first-order chi connectivity index (χ1) is 9.70. The Morgan fingerprint density at radius 3 is 2.24 bits per heavy atom. The topological polar surface area (TPSA) is 20.1 Å². The summed E-state index contributed by atoms with van der Waals surface area (Å²) in [6.07, 6.45) is 0. The molecule has 1 aromatic carbocycles. The van der Waals surface area contributed by atoms with E-state index in [2.05, 4.69) is 49.3 Å². The van der Waals surface area contributed by atoms with E-state index in [1.54, 1.807) is 0 Å². The van der Waals surface area contributed by atoms with Gasteiger partial charge in [-0.25, -0.2) is 4.21 Å². The zero-order valence-corrected chi connectivity index (χ0v) is 15.6. The molecule has 4 heteroatoms. The number of hydrogen-bond donors (Lipinski definition) is 0. The van der Waals surface area contributed by atoms with Crippen LogP contribution in [-0.4, -0.2) is 28.7 Å². The van der Waals surface area contributed by atoms with Crippen molar-refractivity contribution in [1.82, 2.24) is 4.31 Å². The molecule has 1 unspecified atom stereocenters. The summed E-state index contributed by atoms with van der Waals surface area (Å²) in [6, 6.07) is 8.43. The molecule has 21 heavy (non-hydrogen) atoms. The Kier molecular flexibility index (Phi) is 4.77. The predicted octanol–water partition coefficient (Wildman–Crippen LogP) is 3.61. The summed E-state index contributed by atoms with van der Waals surface area (Å²) in [5, 5.41) is 0. The maximum Gasteiger partial charge on any atom is 0.129 e. The van der Waals surface area contributed by atoms with Gasteiger partial charge in [0.25, 0.3) is 0 Å². The Labute approximate surface area is 132 Å². The molecule has 114 valence electrons. The van der Waals surface area contributed by atoms with Crippen molar-refractivity contribution in [2.75, 3.05) is 0 Å². The van der Waals surface area contributed by atoms with Crippen molar-refractivity contribution >= 4 is 19.1 Å². The van der Waals surface area contributed by atoms with Crippen molar-refractivity contribution in [3.8, 4) is 11.5 Å². The maximum atomic E-state index is 12.7. The Balaban J connectivity index is 2.19. The Bertz CT molecular complexity index is 592. The molecule has 0 N–H and O–H groups in total. The van der Waals surface area contributed by atoms with Crippen molar-refractivity contribution in [2.24, 2.45) is 5.92 Å². The average Bonchev–Trinajstić information content (AvgIpc) is 3.10. The summed E-state index contributed by atoms with van der Waals surface area (Å²) < 4.78 is 14.8. The van der Waals surface area contributed by atoms with E-state index >= 15 is 0 Å². The van der Waals surface area contributed by atoms with Crippen LogP contribution in [0.4, 0.5) is 0 Å². The van der Waals surface area contributed by atoms with Gasteiger partial charge in [-0.05, 0) is 25.0 Å². The predicted molar refractivity (Wildman–Crippen MR) is 93.0 cm³/mol. The molecule has 0 spiro atoms. The second kappa shape index (κ2) is 6.08. The first kappa shape index (κ1) is 16.5. The van der Waals surface area contributed by atoms with E-state index < -0.39 is 19.1 Å². The van der Waals surface area contributed by atoms with Gasteiger partial charge in [-0.1, -0.05) is 57.1 Å². The lowest BCUT2D eigenvalue weighted by atomic mass is 10.1. The third-order valence-corrected chi connectivity index (χ3v) is 5.92. The molecule has 0 aliphatic carbocycles. The van der Waals surface area contributed by atoms with Gasteiger partial charge < -0.3 is 0 Å². The van der Waals surface area contributed by atoms with Crippen LogP contribution in [0.5, 0.6) is 0 Å². The van der Waals surface area contributed by atoms with Gasteiger partial charge >= 0.3 is 0 Å². The third-order valence-electron chi connectivity index (χ3n) is 3.49. The number of nitrogens with zero attached hydrogens (tertiary/aromatic N) is 1. The van der Waals surface area contributed by atoms with Gasteiger partial charge in [0, 0.05) is 0 Å². The van der Waals surface area contributed by atoms with Crippen LogP contribution in [0.15, 0.2) is 29.2 Å². The van der Waals surface area contributed by atoms with Gasteiger partial charge in [-0.15, -0.1) is 5.54 Å². The molecule has 0 aromatic heterocycles. The molecule has 1 aliphatic rings. The number of benzene rings is 1. The van der Waals surface area contributed by atoms with E-state index in [1.807, 2.05) is 31.2 Å². The Hall–Kier alpha value is -0.893. The van der Waals surface area contributed by atoms with Crippen LogP contribution in [0.2, 0.25) is 19.6 Å². The summed E-state index contributed by atoms with van der Waals surface area (Å²) in [7, 11) is -2.48. The van der Waals surface area contributed by atoms with Crippen molar-refractivity contribution < 1.29 is 4.21 Å². The minimum absolute atomic E-state index is 0.152. The monoisotopic (exact) mass is 319 g/mol. The van der Waals surface area contributed by atoms with Gasteiger partial charge in [-0.3, -0.25) is 0 Å². The molecule has 1 fully saturated rings. The first-order valence-corrected chi connectivity index (χ1v) is 12.1. The zero-order chi connectivity index (χ0) is 15.8. The SMILES string of the molecule is Cc1ccc([S@](=O)N2[C@@H](C#C[Si](C)(C)C)[C@@H]2C(C)C)cc1. The molecule has 1 aromatic rings. The molecule has 1 aliphatic heterocycles. The van der Waals surface area contributed by atoms with E-state index in [1.165, 1.54) is 5.56 Å². The molecule has 0 saturated carbocycles. The minimum Gasteiger partial charge on any atom is -0.237 e. The van der Waals surface area contributed by atoms with Crippen LogP contribution in [0.1, 0.15) is 19.4 Å². The standard InChI is InChI=1S/C17H25NOSSi/c1-13(2)17-16(11-12-21(4,5)6)18(17)20(19)15-9-7-14(3)8-10-15/h7-10,13,16-17H,1-6H3/t16-,17-,18?,20-/m0/s1. The smallest absolute Gasteiger partial charge is 0.129 e. The van der Waals surface area contributed by atoms with Crippen LogP contribution in [0.3, 0.4) is 0 Å². The second-order valence-corrected chi connectivity index (χ2v) is 13.3. The normalized spacial score (nSPS) is 26.1. The molecule has 0 bridgehead atoms. The maximum absolute atomic E-state index is 12.7. The lowest BCUT2D eigenvalue weighted by molar-refractivity contribution is 0.562. The number of hydrogen-bond acceptors (Lipinski definition) is 1. The fourth-order valence-electron chi connectivity index (χ4n) is 2.32. The molecule has 1 saturated heterocycles. The van der Waals surface area contributed by atoms with E-state index in [4.69, 9.17) is 0 Å². The van der Waals surface area contributed by atoms with Crippen LogP contribution in [0.25, 0.3) is 0 Å². The number of rotatable bonds is 3. The van der Waals surface area contributed by atoms with E-state index in [0.717, 1.165) is 4.90 Å². The van der Waals surface area contributed by atoms with Gasteiger partial charge in [0.2, 0.25) is 0 Å². The second-order valence-electron chi connectivity index (χ2n) is 7.12. The molecule has 0 radical (unpaired) electrons. The van der Waals surface area contributed by atoms with Crippen LogP contribution >= 0.6 is 0 Å². The van der Waals surface area contributed by atoms with Crippen LogP contribution in [-0.2, 0) is 11.0 Å². The first-order valence-electron chi connectivity index (χ1n) is 7.50. The Morgan fingerprint density at radius 2 is 1.76 bits per heavy atom. The highest BCUT2D eigenvalue weighted by Gasteiger charge is 2.52.